The van der Waals surface area contributed by atoms with Crippen LogP contribution in [0.4, 0.5) is 0 Å². The average molecular weight is 303 g/mol. The fourth-order valence-corrected chi connectivity index (χ4v) is 2.31. The molecule has 2 nitrogen and oxygen atoms in total. The zero-order valence-electron chi connectivity index (χ0n) is 12.6. The lowest BCUT2D eigenvalue weighted by Crippen LogP contribution is -2.11. The second kappa shape index (κ2) is 6.88. The van der Waals surface area contributed by atoms with E-state index in [1.165, 1.54) is 5.56 Å². The number of halogens is 1. The molecule has 0 saturated heterocycles. The van der Waals surface area contributed by atoms with Crippen molar-refractivity contribution in [2.75, 3.05) is 6.61 Å². The topological polar surface area (TPSA) is 26.3 Å². The highest BCUT2D eigenvalue weighted by molar-refractivity contribution is 6.30. The van der Waals surface area contributed by atoms with E-state index in [1.807, 2.05) is 57.2 Å². The van der Waals surface area contributed by atoms with Gasteiger partial charge in [0.15, 0.2) is 5.78 Å². The molecule has 0 aliphatic heterocycles. The molecule has 0 N–H and O–H groups in total. The highest BCUT2D eigenvalue weighted by atomic mass is 35.5. The van der Waals surface area contributed by atoms with Crippen molar-refractivity contribution >= 4 is 17.4 Å². The maximum absolute atomic E-state index is 12.2. The Bertz CT molecular complexity index is 645. The lowest BCUT2D eigenvalue weighted by molar-refractivity contribution is 0.0726. The van der Waals surface area contributed by atoms with Crippen molar-refractivity contribution in [3.05, 3.63) is 69.2 Å². The first-order chi connectivity index (χ1) is 9.97. The Kier molecular flexibility index (Phi) is 5.16. The third kappa shape index (κ3) is 4.16. The zero-order chi connectivity index (χ0) is 15.4. The van der Waals surface area contributed by atoms with Gasteiger partial charge < -0.3 is 4.74 Å². The number of benzene rings is 2. The maximum atomic E-state index is 12.2. The summed E-state index contributed by atoms with van der Waals surface area (Å²) in [5.74, 6) is 0.0181. The molecule has 0 bridgehead atoms. The highest BCUT2D eigenvalue weighted by Crippen LogP contribution is 2.16. The molecule has 21 heavy (non-hydrogen) atoms. The predicted molar refractivity (Wildman–Crippen MR) is 86.1 cm³/mol. The summed E-state index contributed by atoms with van der Waals surface area (Å²) < 4.78 is 5.51. The van der Waals surface area contributed by atoms with Crippen LogP contribution in [0, 0.1) is 20.8 Å². The van der Waals surface area contributed by atoms with Gasteiger partial charge in [-0.3, -0.25) is 4.79 Å². The van der Waals surface area contributed by atoms with Crippen molar-refractivity contribution in [2.45, 2.75) is 27.4 Å². The normalized spacial score (nSPS) is 10.7. The Morgan fingerprint density at radius 2 is 1.62 bits per heavy atom. The molecule has 0 amide bonds. The first-order valence-corrected chi connectivity index (χ1v) is 7.28. The summed E-state index contributed by atoms with van der Waals surface area (Å²) in [6.07, 6.45) is 0. The molecule has 0 spiro atoms. The largest absolute Gasteiger partial charge is 0.369 e. The van der Waals surface area contributed by atoms with Crippen LogP contribution in [0.5, 0.6) is 0 Å². The number of carbonyl (C=O) groups excluding carboxylic acids is 1. The number of ketones is 1. The van der Waals surface area contributed by atoms with Gasteiger partial charge in [0.1, 0.15) is 6.61 Å². The van der Waals surface area contributed by atoms with Crippen molar-refractivity contribution < 1.29 is 9.53 Å². The van der Waals surface area contributed by atoms with Crippen LogP contribution in [0.25, 0.3) is 0 Å². The van der Waals surface area contributed by atoms with Gasteiger partial charge in [0.25, 0.3) is 0 Å². The number of Topliss-reactive ketones (excluding diaryl/α,β-unsaturated/α-hetero) is 1. The van der Waals surface area contributed by atoms with E-state index < -0.39 is 0 Å². The van der Waals surface area contributed by atoms with Crippen molar-refractivity contribution in [3.63, 3.8) is 0 Å². The molecule has 0 saturated carbocycles. The molecule has 0 unspecified atom stereocenters. The first-order valence-electron chi connectivity index (χ1n) is 6.90. The van der Waals surface area contributed by atoms with E-state index in [2.05, 4.69) is 0 Å². The van der Waals surface area contributed by atoms with Crippen molar-refractivity contribution in [1.29, 1.82) is 0 Å². The van der Waals surface area contributed by atoms with E-state index in [9.17, 15) is 4.79 Å². The molecule has 0 aliphatic carbocycles. The molecule has 0 aliphatic rings. The minimum absolute atomic E-state index is 0.0181. The third-order valence-corrected chi connectivity index (χ3v) is 3.81. The number of rotatable bonds is 5. The van der Waals surface area contributed by atoms with Crippen LogP contribution in [-0.4, -0.2) is 12.4 Å². The minimum atomic E-state index is 0.0181. The number of ether oxygens (including phenoxy) is 1. The van der Waals surface area contributed by atoms with E-state index >= 15 is 0 Å². The lowest BCUT2D eigenvalue weighted by Gasteiger charge is -2.09. The standard InChI is InChI=1S/C18H19ClO2/c1-12-8-14(3)17(9-13(12)2)18(20)11-21-10-15-4-6-16(19)7-5-15/h4-9H,10-11H2,1-3H3. The summed E-state index contributed by atoms with van der Waals surface area (Å²) in [4.78, 5) is 12.2. The van der Waals surface area contributed by atoms with Crippen LogP contribution in [0.2, 0.25) is 5.02 Å². The van der Waals surface area contributed by atoms with Gasteiger partial charge in [-0.15, -0.1) is 0 Å². The van der Waals surface area contributed by atoms with Gasteiger partial charge in [0.2, 0.25) is 0 Å². The summed E-state index contributed by atoms with van der Waals surface area (Å²) >= 11 is 5.83. The third-order valence-electron chi connectivity index (χ3n) is 3.56. The lowest BCUT2D eigenvalue weighted by atomic mass is 9.98. The molecule has 2 aromatic rings. The minimum Gasteiger partial charge on any atom is -0.369 e. The maximum Gasteiger partial charge on any atom is 0.188 e. The molecular formula is C18H19ClO2. The Morgan fingerprint density at radius 1 is 1.00 bits per heavy atom. The van der Waals surface area contributed by atoms with E-state index in [4.69, 9.17) is 16.3 Å². The Balaban J connectivity index is 1.96. The molecular weight excluding hydrogens is 284 g/mol. The Morgan fingerprint density at radius 3 is 2.29 bits per heavy atom. The molecule has 0 atom stereocenters. The van der Waals surface area contributed by atoms with Crippen molar-refractivity contribution in [1.82, 2.24) is 0 Å². The fourth-order valence-electron chi connectivity index (χ4n) is 2.18. The molecule has 110 valence electrons. The molecule has 0 radical (unpaired) electrons. The number of hydrogen-bond acceptors (Lipinski definition) is 2. The molecule has 0 heterocycles. The summed E-state index contributed by atoms with van der Waals surface area (Å²) in [6.45, 7) is 6.52. The van der Waals surface area contributed by atoms with Crippen LogP contribution >= 0.6 is 11.6 Å². The monoisotopic (exact) mass is 302 g/mol. The van der Waals surface area contributed by atoms with Gasteiger partial charge in [-0.05, 0) is 61.2 Å². The molecule has 2 aromatic carbocycles. The summed E-state index contributed by atoms with van der Waals surface area (Å²) in [5.41, 5.74) is 5.07. The predicted octanol–water partition coefficient (Wildman–Crippen LogP) is 4.66. The summed E-state index contributed by atoms with van der Waals surface area (Å²) in [5, 5.41) is 0.695. The number of hydrogen-bond donors (Lipinski definition) is 0. The van der Waals surface area contributed by atoms with E-state index in [1.54, 1.807) is 0 Å². The van der Waals surface area contributed by atoms with Gasteiger partial charge in [-0.2, -0.15) is 0 Å². The van der Waals surface area contributed by atoms with Gasteiger partial charge in [0, 0.05) is 10.6 Å². The zero-order valence-corrected chi connectivity index (χ0v) is 13.3. The van der Waals surface area contributed by atoms with Crippen LogP contribution < -0.4 is 0 Å². The summed E-state index contributed by atoms with van der Waals surface area (Å²) in [7, 11) is 0. The molecule has 3 heteroatoms. The van der Waals surface area contributed by atoms with Crippen LogP contribution in [0.1, 0.15) is 32.6 Å². The van der Waals surface area contributed by atoms with Crippen LogP contribution in [-0.2, 0) is 11.3 Å². The van der Waals surface area contributed by atoms with Gasteiger partial charge >= 0.3 is 0 Å². The Labute approximate surface area is 130 Å². The second-order valence-corrected chi connectivity index (χ2v) is 5.73. The fraction of sp³-hybridized carbons (Fsp3) is 0.278. The first kappa shape index (κ1) is 15.7. The number of aryl methyl sites for hydroxylation is 3. The molecule has 2 rings (SSSR count). The van der Waals surface area contributed by atoms with Crippen molar-refractivity contribution in [2.24, 2.45) is 0 Å². The van der Waals surface area contributed by atoms with Crippen LogP contribution in [0.3, 0.4) is 0 Å². The smallest absolute Gasteiger partial charge is 0.188 e. The van der Waals surface area contributed by atoms with E-state index in [0.717, 1.165) is 22.3 Å². The quantitative estimate of drug-likeness (QED) is 0.751. The molecule has 0 aromatic heterocycles. The van der Waals surface area contributed by atoms with Gasteiger partial charge in [0.05, 0.1) is 6.61 Å². The van der Waals surface area contributed by atoms with E-state index in [-0.39, 0.29) is 12.4 Å². The second-order valence-electron chi connectivity index (χ2n) is 5.29. The van der Waals surface area contributed by atoms with Crippen LogP contribution in [0.15, 0.2) is 36.4 Å². The number of carbonyl (C=O) groups is 1. The Hall–Kier alpha value is -1.64. The van der Waals surface area contributed by atoms with Gasteiger partial charge in [-0.1, -0.05) is 29.8 Å². The SMILES string of the molecule is Cc1cc(C)c(C(=O)COCc2ccc(Cl)cc2)cc1C. The molecule has 0 fully saturated rings. The van der Waals surface area contributed by atoms with Crippen molar-refractivity contribution in [3.8, 4) is 0 Å². The van der Waals surface area contributed by atoms with Gasteiger partial charge in [-0.25, -0.2) is 0 Å². The summed E-state index contributed by atoms with van der Waals surface area (Å²) in [6, 6.07) is 11.4. The highest BCUT2D eigenvalue weighted by Gasteiger charge is 2.11. The van der Waals surface area contributed by atoms with E-state index in [0.29, 0.717) is 11.6 Å². The average Bonchev–Trinajstić information content (AvgIpc) is 2.45.